The van der Waals surface area contributed by atoms with Crippen molar-refractivity contribution < 1.29 is 33.4 Å². The summed E-state index contributed by atoms with van der Waals surface area (Å²) < 4.78 is 15.1. The van der Waals surface area contributed by atoms with Gasteiger partial charge in [-0.05, 0) is 49.2 Å². The number of carbonyl (C=O) groups is 4. The molecule has 0 heterocycles. The molecule has 0 fully saturated rings. The van der Waals surface area contributed by atoms with Crippen LogP contribution in [0.5, 0.6) is 5.75 Å². The Bertz CT molecular complexity index is 958. The quantitative estimate of drug-likeness (QED) is 0.469. The van der Waals surface area contributed by atoms with Crippen molar-refractivity contribution in [2.45, 2.75) is 32.6 Å². The van der Waals surface area contributed by atoms with Gasteiger partial charge in [-0.25, -0.2) is 4.79 Å². The number of nitrogens with one attached hydrogen (secondary N) is 2. The van der Waals surface area contributed by atoms with Crippen LogP contribution in [0.25, 0.3) is 0 Å². The van der Waals surface area contributed by atoms with Gasteiger partial charge in [0.15, 0.2) is 6.61 Å². The van der Waals surface area contributed by atoms with Crippen molar-refractivity contribution in [3.05, 3.63) is 54.1 Å². The Hall–Kier alpha value is -3.88. The highest BCUT2D eigenvalue weighted by Gasteiger charge is 2.11. The van der Waals surface area contributed by atoms with Crippen LogP contribution >= 0.6 is 0 Å². The van der Waals surface area contributed by atoms with Crippen molar-refractivity contribution in [1.29, 1.82) is 0 Å². The Morgan fingerprint density at radius 1 is 0.848 bits per heavy atom. The van der Waals surface area contributed by atoms with Crippen LogP contribution in [0.2, 0.25) is 0 Å². The third kappa shape index (κ3) is 9.42. The first-order valence-corrected chi connectivity index (χ1v) is 10.6. The number of anilines is 2. The Labute approximate surface area is 192 Å². The molecule has 0 saturated carbocycles. The number of ether oxygens (including phenoxy) is 3. The zero-order chi connectivity index (χ0) is 24.1. The highest BCUT2D eigenvalue weighted by Crippen LogP contribution is 2.16. The van der Waals surface area contributed by atoms with E-state index in [4.69, 9.17) is 14.2 Å². The van der Waals surface area contributed by atoms with E-state index in [2.05, 4.69) is 10.6 Å². The molecule has 9 nitrogen and oxygen atoms in total. The molecule has 176 valence electrons. The van der Waals surface area contributed by atoms with Crippen molar-refractivity contribution in [1.82, 2.24) is 0 Å². The summed E-state index contributed by atoms with van der Waals surface area (Å²) in [5.41, 5.74) is 1.46. The van der Waals surface area contributed by atoms with Crippen molar-refractivity contribution >= 4 is 35.1 Å². The summed E-state index contributed by atoms with van der Waals surface area (Å²) >= 11 is 0. The lowest BCUT2D eigenvalue weighted by Gasteiger charge is -2.08. The second-order valence-electron chi connectivity index (χ2n) is 7.06. The molecule has 2 rings (SSSR count). The van der Waals surface area contributed by atoms with Gasteiger partial charge in [-0.1, -0.05) is 13.0 Å². The average molecular weight is 456 g/mol. The highest BCUT2D eigenvalue weighted by molar-refractivity contribution is 5.94. The maximum absolute atomic E-state index is 12.0. The Kier molecular flexibility index (Phi) is 10.4. The van der Waals surface area contributed by atoms with Crippen LogP contribution in [0.15, 0.2) is 48.5 Å². The fraction of sp³-hybridized carbons (Fsp3) is 0.333. The number of carbonyl (C=O) groups excluding carboxylic acids is 4. The summed E-state index contributed by atoms with van der Waals surface area (Å²) in [4.78, 5) is 47.5. The third-order valence-electron chi connectivity index (χ3n) is 4.34. The molecule has 0 saturated heterocycles. The van der Waals surface area contributed by atoms with Crippen molar-refractivity contribution in [2.24, 2.45) is 0 Å². The third-order valence-corrected chi connectivity index (χ3v) is 4.34. The Morgan fingerprint density at radius 3 is 2.27 bits per heavy atom. The number of rotatable bonds is 12. The van der Waals surface area contributed by atoms with Crippen molar-refractivity contribution in [2.75, 3.05) is 31.0 Å². The Morgan fingerprint density at radius 2 is 1.58 bits per heavy atom. The first-order valence-electron chi connectivity index (χ1n) is 10.6. The summed E-state index contributed by atoms with van der Waals surface area (Å²) in [6.07, 6.45) is 1.11. The van der Waals surface area contributed by atoms with Gasteiger partial charge in [-0.15, -0.1) is 0 Å². The van der Waals surface area contributed by atoms with E-state index in [0.717, 1.165) is 6.42 Å². The lowest BCUT2D eigenvalue weighted by Crippen LogP contribution is -2.21. The van der Waals surface area contributed by atoms with E-state index in [0.29, 0.717) is 29.3 Å². The van der Waals surface area contributed by atoms with E-state index < -0.39 is 24.5 Å². The molecule has 0 aliphatic heterocycles. The van der Waals surface area contributed by atoms with Gasteiger partial charge in [-0.3, -0.25) is 14.4 Å². The molecular weight excluding hydrogens is 428 g/mol. The SMILES string of the molecule is CCCOC(=O)c1ccc(NC(=O)CCCC(=O)OCC(=O)Nc2cccc(OC)c2)cc1. The highest BCUT2D eigenvalue weighted by atomic mass is 16.5. The van der Waals surface area contributed by atoms with Gasteiger partial charge in [0.2, 0.25) is 5.91 Å². The van der Waals surface area contributed by atoms with Gasteiger partial charge in [0.25, 0.3) is 5.91 Å². The van der Waals surface area contributed by atoms with Gasteiger partial charge in [-0.2, -0.15) is 0 Å². The second-order valence-corrected chi connectivity index (χ2v) is 7.06. The molecular formula is C24H28N2O7. The normalized spacial score (nSPS) is 10.1. The van der Waals surface area contributed by atoms with E-state index in [9.17, 15) is 19.2 Å². The monoisotopic (exact) mass is 456 g/mol. The topological polar surface area (TPSA) is 120 Å². The molecule has 2 N–H and O–H groups in total. The Balaban J connectivity index is 1.64. The number of amides is 2. The van der Waals surface area contributed by atoms with Crippen LogP contribution in [0.1, 0.15) is 43.0 Å². The van der Waals surface area contributed by atoms with Crippen LogP contribution in [-0.4, -0.2) is 44.1 Å². The maximum atomic E-state index is 12.0. The summed E-state index contributed by atoms with van der Waals surface area (Å²) in [6.45, 7) is 1.84. The molecule has 0 aliphatic rings. The van der Waals surface area contributed by atoms with Crippen LogP contribution in [0, 0.1) is 0 Å². The van der Waals surface area contributed by atoms with Crippen LogP contribution in [0.4, 0.5) is 11.4 Å². The number of esters is 2. The predicted molar refractivity (Wildman–Crippen MR) is 122 cm³/mol. The minimum Gasteiger partial charge on any atom is -0.497 e. The molecule has 2 aromatic carbocycles. The smallest absolute Gasteiger partial charge is 0.338 e. The maximum Gasteiger partial charge on any atom is 0.338 e. The number of benzene rings is 2. The van der Waals surface area contributed by atoms with Gasteiger partial charge in [0.1, 0.15) is 5.75 Å². The summed E-state index contributed by atoms with van der Waals surface area (Å²) in [5, 5.41) is 5.30. The molecule has 0 unspecified atom stereocenters. The zero-order valence-electron chi connectivity index (χ0n) is 18.7. The molecule has 0 atom stereocenters. The lowest BCUT2D eigenvalue weighted by atomic mass is 10.2. The fourth-order valence-electron chi connectivity index (χ4n) is 2.70. The van der Waals surface area contributed by atoms with E-state index in [1.165, 1.54) is 7.11 Å². The largest absolute Gasteiger partial charge is 0.497 e. The van der Waals surface area contributed by atoms with E-state index in [1.54, 1.807) is 48.5 Å². The predicted octanol–water partition coefficient (Wildman–Crippen LogP) is 3.55. The average Bonchev–Trinajstić information content (AvgIpc) is 2.81. The molecule has 0 bridgehead atoms. The number of methoxy groups -OCH3 is 1. The van der Waals surface area contributed by atoms with E-state index in [-0.39, 0.29) is 25.2 Å². The second kappa shape index (κ2) is 13.5. The lowest BCUT2D eigenvalue weighted by molar-refractivity contribution is -0.147. The van der Waals surface area contributed by atoms with Crippen molar-refractivity contribution in [3.8, 4) is 5.75 Å². The van der Waals surface area contributed by atoms with Crippen LogP contribution in [0.3, 0.4) is 0 Å². The van der Waals surface area contributed by atoms with Gasteiger partial charge in [0, 0.05) is 30.3 Å². The molecule has 9 heteroatoms. The summed E-state index contributed by atoms with van der Waals surface area (Å²) in [7, 11) is 1.52. The molecule has 33 heavy (non-hydrogen) atoms. The summed E-state index contributed by atoms with van der Waals surface area (Å²) in [5.74, 6) is -1.14. The van der Waals surface area contributed by atoms with Gasteiger partial charge < -0.3 is 24.8 Å². The van der Waals surface area contributed by atoms with E-state index >= 15 is 0 Å². The standard InChI is InChI=1S/C24H28N2O7/c1-3-14-32-24(30)17-10-12-18(13-11-17)25-21(27)8-5-9-23(29)33-16-22(28)26-19-6-4-7-20(15-19)31-2/h4,6-7,10-13,15H,3,5,8-9,14,16H2,1-2H3,(H,25,27)(H,26,28). The van der Waals surface area contributed by atoms with Gasteiger partial charge >= 0.3 is 11.9 Å². The van der Waals surface area contributed by atoms with Gasteiger partial charge in [0.05, 0.1) is 19.3 Å². The first kappa shape index (κ1) is 25.4. The molecule has 0 aliphatic carbocycles. The minimum atomic E-state index is -0.571. The van der Waals surface area contributed by atoms with E-state index in [1.807, 2.05) is 6.92 Å². The molecule has 0 radical (unpaired) electrons. The minimum absolute atomic E-state index is 0.00205. The number of hydrogen-bond acceptors (Lipinski definition) is 7. The fourth-order valence-corrected chi connectivity index (χ4v) is 2.70. The zero-order valence-corrected chi connectivity index (χ0v) is 18.7. The number of hydrogen-bond donors (Lipinski definition) is 2. The molecule has 0 aromatic heterocycles. The molecule has 0 spiro atoms. The van der Waals surface area contributed by atoms with Crippen LogP contribution in [-0.2, 0) is 23.9 Å². The summed E-state index contributed by atoms with van der Waals surface area (Å²) in [6, 6.07) is 13.2. The molecule has 2 aromatic rings. The first-order chi connectivity index (χ1) is 15.9. The molecule has 2 amide bonds. The van der Waals surface area contributed by atoms with Crippen molar-refractivity contribution in [3.63, 3.8) is 0 Å². The van der Waals surface area contributed by atoms with Crippen LogP contribution < -0.4 is 15.4 Å².